The Kier molecular flexibility index (Phi) is 12.1. The first-order valence-corrected chi connectivity index (χ1v) is 12.1. The van der Waals surface area contributed by atoms with Crippen LogP contribution >= 0.6 is 0 Å². The molecule has 3 aromatic rings. The van der Waals surface area contributed by atoms with Gasteiger partial charge >= 0.3 is 0 Å². The Morgan fingerprint density at radius 2 is 1.61 bits per heavy atom. The molecule has 3 heterocycles. The number of allylic oxidation sites excluding steroid dienone is 2. The molecule has 36 heavy (non-hydrogen) atoms. The Labute approximate surface area is 216 Å². The quantitative estimate of drug-likeness (QED) is 0.366. The fourth-order valence-electron chi connectivity index (χ4n) is 3.36. The molecule has 0 N–H and O–H groups in total. The summed E-state index contributed by atoms with van der Waals surface area (Å²) in [7, 11) is 6.16. The number of nitrogens with zero attached hydrogens (tertiary/aromatic N) is 5. The minimum absolute atomic E-state index is 0.778. The van der Waals surface area contributed by atoms with E-state index in [4.69, 9.17) is 0 Å². The number of hydrogen-bond donors (Lipinski definition) is 0. The summed E-state index contributed by atoms with van der Waals surface area (Å²) in [6.45, 7) is 12.6. The lowest BCUT2D eigenvalue weighted by atomic mass is 10.2. The van der Waals surface area contributed by atoms with Gasteiger partial charge in [-0.25, -0.2) is 0 Å². The molecule has 0 bridgehead atoms. The van der Waals surface area contributed by atoms with Gasteiger partial charge in [0, 0.05) is 64.1 Å². The molecule has 0 atom stereocenters. The molecule has 1 fully saturated rings. The molecule has 1 saturated heterocycles. The van der Waals surface area contributed by atoms with Crippen molar-refractivity contribution in [2.45, 2.75) is 13.8 Å². The fraction of sp³-hybridized carbons (Fsp3) is 0.300. The molecule has 0 saturated carbocycles. The second-order valence-electron chi connectivity index (χ2n) is 8.94. The fourth-order valence-corrected chi connectivity index (χ4v) is 3.36. The predicted molar refractivity (Wildman–Crippen MR) is 152 cm³/mol. The van der Waals surface area contributed by atoms with Crippen molar-refractivity contribution >= 4 is 18.0 Å². The Morgan fingerprint density at radius 3 is 2.11 bits per heavy atom. The number of anilines is 1. The van der Waals surface area contributed by atoms with Gasteiger partial charge in [0.05, 0.1) is 11.4 Å². The average Bonchev–Trinajstić information content (AvgIpc) is 2.90. The number of carbonyl (C=O) groups is 1. The average molecular weight is 486 g/mol. The van der Waals surface area contributed by atoms with Crippen LogP contribution in [0.2, 0.25) is 0 Å². The van der Waals surface area contributed by atoms with E-state index in [0.29, 0.717) is 0 Å². The third-order valence-corrected chi connectivity index (χ3v) is 5.66. The largest absolute Gasteiger partial charge is 0.378 e. The number of benzene rings is 1. The van der Waals surface area contributed by atoms with E-state index >= 15 is 0 Å². The van der Waals surface area contributed by atoms with Crippen LogP contribution in [0.3, 0.4) is 0 Å². The third-order valence-electron chi connectivity index (χ3n) is 5.66. The molecule has 6 nitrogen and oxygen atoms in total. The number of aromatic nitrogens is 2. The molecule has 2 aromatic heterocycles. The number of piperazine rings is 1. The molecule has 6 heteroatoms. The Morgan fingerprint density at radius 1 is 0.944 bits per heavy atom. The van der Waals surface area contributed by atoms with Gasteiger partial charge in [-0.1, -0.05) is 36.9 Å². The highest BCUT2D eigenvalue weighted by atomic mass is 16.1. The maximum absolute atomic E-state index is 10.1. The van der Waals surface area contributed by atoms with Crippen LogP contribution in [0.1, 0.15) is 18.1 Å². The molecule has 0 amide bonds. The van der Waals surface area contributed by atoms with Crippen LogP contribution in [-0.2, 0) is 4.79 Å². The van der Waals surface area contributed by atoms with E-state index in [0.717, 1.165) is 42.0 Å². The molecular formula is C30H39N5O. The lowest BCUT2D eigenvalue weighted by Gasteiger charge is -2.33. The molecule has 0 aliphatic carbocycles. The van der Waals surface area contributed by atoms with Crippen LogP contribution < -0.4 is 4.90 Å². The number of likely N-dealkylation sites (N-methyl/N-ethyl adjacent to an activating group) is 1. The van der Waals surface area contributed by atoms with Crippen LogP contribution in [-0.4, -0.2) is 73.4 Å². The van der Waals surface area contributed by atoms with Crippen molar-refractivity contribution in [3.05, 3.63) is 96.5 Å². The van der Waals surface area contributed by atoms with Gasteiger partial charge in [0.15, 0.2) is 0 Å². The standard InChI is InChI=1S/C11H10N2.C11H13NO.C8H16N2/c1-9-5-6-11(13-8-9)10-4-2-3-7-12-10;1-12(2)11-7-5-10(6-8-11)4-3-9-13;1-8(2)10-6-4-9(3)5-7-10/h2-8H,1H3;3-9H,1-2H3;1,4-7H2,2-3H3/b;4-3+;. The second-order valence-corrected chi connectivity index (χ2v) is 8.94. The molecule has 1 aliphatic rings. The highest BCUT2D eigenvalue weighted by Gasteiger charge is 2.11. The van der Waals surface area contributed by atoms with E-state index in [-0.39, 0.29) is 0 Å². The lowest BCUT2D eigenvalue weighted by molar-refractivity contribution is -0.104. The Bertz CT molecular complexity index is 1070. The van der Waals surface area contributed by atoms with Crippen LogP contribution in [0.5, 0.6) is 0 Å². The summed E-state index contributed by atoms with van der Waals surface area (Å²) in [6, 6.07) is 17.8. The number of aldehydes is 1. The topological polar surface area (TPSA) is 52.6 Å². The van der Waals surface area contributed by atoms with Crippen molar-refractivity contribution in [3.63, 3.8) is 0 Å². The van der Waals surface area contributed by atoms with Crippen LogP contribution in [0.15, 0.2) is 85.3 Å². The number of pyridine rings is 2. The summed E-state index contributed by atoms with van der Waals surface area (Å²) in [6.07, 6.45) is 7.68. The lowest BCUT2D eigenvalue weighted by Crippen LogP contribution is -2.43. The number of rotatable bonds is 5. The van der Waals surface area contributed by atoms with Gasteiger partial charge in [0.2, 0.25) is 0 Å². The van der Waals surface area contributed by atoms with Crippen molar-refractivity contribution in [2.75, 3.05) is 52.2 Å². The first kappa shape index (κ1) is 28.5. The first-order valence-electron chi connectivity index (χ1n) is 12.1. The van der Waals surface area contributed by atoms with Crippen molar-refractivity contribution in [1.29, 1.82) is 0 Å². The first-order chi connectivity index (χ1) is 17.3. The third kappa shape index (κ3) is 10.2. The van der Waals surface area contributed by atoms with E-state index in [1.165, 1.54) is 30.4 Å². The molecule has 0 spiro atoms. The smallest absolute Gasteiger partial charge is 0.142 e. The molecule has 0 unspecified atom stereocenters. The molecule has 0 radical (unpaired) electrons. The maximum atomic E-state index is 10.1. The van der Waals surface area contributed by atoms with E-state index in [2.05, 4.69) is 40.3 Å². The van der Waals surface area contributed by atoms with Crippen LogP contribution in [0.25, 0.3) is 17.5 Å². The van der Waals surface area contributed by atoms with E-state index in [1.807, 2.05) is 86.7 Å². The number of hydrogen-bond acceptors (Lipinski definition) is 6. The molecule has 1 aliphatic heterocycles. The monoisotopic (exact) mass is 485 g/mol. The van der Waals surface area contributed by atoms with Gasteiger partial charge in [0.25, 0.3) is 0 Å². The normalized spacial score (nSPS) is 13.2. The molecule has 190 valence electrons. The minimum Gasteiger partial charge on any atom is -0.378 e. The SMILES string of the molecule is C=C(C)N1CCN(C)CC1.CN(C)c1ccc(/C=C/C=O)cc1.Cc1ccc(-c2ccccn2)nc1. The second kappa shape index (κ2) is 15.3. The zero-order valence-corrected chi connectivity index (χ0v) is 22.3. The van der Waals surface area contributed by atoms with Gasteiger partial charge in [-0.15, -0.1) is 0 Å². The maximum Gasteiger partial charge on any atom is 0.142 e. The summed E-state index contributed by atoms with van der Waals surface area (Å²) in [5, 5.41) is 0. The summed E-state index contributed by atoms with van der Waals surface area (Å²) in [5.74, 6) is 0. The highest BCUT2D eigenvalue weighted by Crippen LogP contribution is 2.13. The van der Waals surface area contributed by atoms with Crippen molar-refractivity contribution in [1.82, 2.24) is 19.8 Å². The Balaban J connectivity index is 0.000000192. The van der Waals surface area contributed by atoms with Crippen molar-refractivity contribution in [3.8, 4) is 11.4 Å². The molecular weight excluding hydrogens is 446 g/mol. The van der Waals surface area contributed by atoms with Crippen molar-refractivity contribution in [2.24, 2.45) is 0 Å². The van der Waals surface area contributed by atoms with E-state index < -0.39 is 0 Å². The van der Waals surface area contributed by atoms with Gasteiger partial charge in [-0.3, -0.25) is 14.8 Å². The summed E-state index contributed by atoms with van der Waals surface area (Å²) in [5.41, 5.74) is 6.41. The molecule has 1 aromatic carbocycles. The van der Waals surface area contributed by atoms with Crippen molar-refractivity contribution < 1.29 is 4.79 Å². The summed E-state index contributed by atoms with van der Waals surface area (Å²) >= 11 is 0. The highest BCUT2D eigenvalue weighted by molar-refractivity contribution is 5.74. The van der Waals surface area contributed by atoms with Gasteiger partial charge in [-0.2, -0.15) is 0 Å². The Hall–Kier alpha value is -3.77. The zero-order valence-electron chi connectivity index (χ0n) is 22.3. The molecule has 4 rings (SSSR count). The number of aryl methyl sites for hydroxylation is 1. The predicted octanol–water partition coefficient (Wildman–Crippen LogP) is 5.18. The van der Waals surface area contributed by atoms with Gasteiger partial charge in [-0.05, 0) is 68.4 Å². The van der Waals surface area contributed by atoms with Gasteiger partial charge in [0.1, 0.15) is 6.29 Å². The zero-order chi connectivity index (χ0) is 26.3. The summed E-state index contributed by atoms with van der Waals surface area (Å²) < 4.78 is 0. The summed E-state index contributed by atoms with van der Waals surface area (Å²) in [4.78, 5) is 25.3. The van der Waals surface area contributed by atoms with Gasteiger partial charge < -0.3 is 14.7 Å². The van der Waals surface area contributed by atoms with Crippen LogP contribution in [0, 0.1) is 6.92 Å². The van der Waals surface area contributed by atoms with E-state index in [9.17, 15) is 4.79 Å². The minimum atomic E-state index is 0.778. The van der Waals surface area contributed by atoms with Crippen LogP contribution in [0.4, 0.5) is 5.69 Å². The number of carbonyl (C=O) groups excluding carboxylic acids is 1. The van der Waals surface area contributed by atoms with E-state index in [1.54, 1.807) is 12.3 Å².